The van der Waals surface area contributed by atoms with Gasteiger partial charge in [-0.1, -0.05) is 60.1 Å². The van der Waals surface area contributed by atoms with Gasteiger partial charge in [-0.2, -0.15) is 0 Å². The second kappa shape index (κ2) is 12.9. The van der Waals surface area contributed by atoms with Crippen molar-refractivity contribution in [2.75, 3.05) is 33.7 Å². The fourth-order valence-electron chi connectivity index (χ4n) is 3.08. The molecule has 28 heavy (non-hydrogen) atoms. The van der Waals surface area contributed by atoms with Gasteiger partial charge in [-0.25, -0.2) is 4.39 Å². The quantitative estimate of drug-likeness (QED) is 0.553. The summed E-state index contributed by atoms with van der Waals surface area (Å²) in [6, 6.07) is 17.3. The van der Waals surface area contributed by atoms with Crippen LogP contribution in [0.2, 0.25) is 5.02 Å². The number of likely N-dealkylation sites (N-methyl/N-ethyl adjacent to an activating group) is 1. The molecule has 1 fully saturated rings. The summed E-state index contributed by atoms with van der Waals surface area (Å²) in [4.78, 5) is 14.9. The molecular weight excluding hydrogens is 506 g/mol. The Morgan fingerprint density at radius 1 is 1.21 bits per heavy atom. The van der Waals surface area contributed by atoms with Crippen LogP contribution in [-0.2, 0) is 0 Å². The predicted molar refractivity (Wildman–Crippen MR) is 109 cm³/mol. The predicted octanol–water partition coefficient (Wildman–Crippen LogP) is 4.87. The van der Waals surface area contributed by atoms with Crippen molar-refractivity contribution in [1.82, 2.24) is 9.80 Å². The Morgan fingerprint density at radius 2 is 1.82 bits per heavy atom. The zero-order valence-electron chi connectivity index (χ0n) is 16.3. The summed E-state index contributed by atoms with van der Waals surface area (Å²) >= 11 is 5.58. The largest absolute Gasteiger partial charge is 0.664 e. The van der Waals surface area contributed by atoms with Crippen molar-refractivity contribution in [3.8, 4) is 0 Å². The molecule has 149 valence electrons. The van der Waals surface area contributed by atoms with Gasteiger partial charge in [0.25, 0.3) is 0 Å². The Hall–Kier alpha value is -0.586. The molecule has 2 aromatic rings. The van der Waals surface area contributed by atoms with Crippen molar-refractivity contribution in [3.05, 3.63) is 76.5 Å². The van der Waals surface area contributed by atoms with Gasteiger partial charge in [-0.15, -0.1) is 0 Å². The zero-order valence-corrected chi connectivity index (χ0v) is 20.8. The molecule has 4 nitrogen and oxygen atoms in total. The first kappa shape index (κ1) is 25.5. The Kier molecular flexibility index (Phi) is 11.7. The molecule has 0 bridgehead atoms. The number of nitrogens with one attached hydrogen (secondary N) is 1. The number of benzene rings is 2. The van der Waals surface area contributed by atoms with Gasteiger partial charge in [-0.05, 0) is 32.1 Å². The molecule has 7 heteroatoms. The molecule has 2 aromatic carbocycles. The molecule has 1 aliphatic rings. The molecule has 0 aromatic heterocycles. The number of alkyl halides is 1. The number of carbonyl (C=O) groups excluding carboxylic acids is 1. The van der Waals surface area contributed by atoms with Crippen LogP contribution < -0.4 is 0 Å². The van der Waals surface area contributed by atoms with Crippen molar-refractivity contribution in [3.63, 3.8) is 0 Å². The fraction of sp³-hybridized carbons (Fsp3) is 0.381. The summed E-state index contributed by atoms with van der Waals surface area (Å²) in [6.07, 6.45) is 0.0585. The minimum Gasteiger partial charge on any atom is -0.664 e. The van der Waals surface area contributed by atoms with Crippen LogP contribution in [0, 0.1) is 41.3 Å². The van der Waals surface area contributed by atoms with Crippen molar-refractivity contribution in [2.24, 2.45) is 0 Å². The Balaban J connectivity index is 0.000000307. The van der Waals surface area contributed by atoms with Crippen LogP contribution in [0.25, 0.3) is 5.73 Å². The van der Waals surface area contributed by atoms with Gasteiger partial charge in [0, 0.05) is 77.6 Å². The van der Waals surface area contributed by atoms with Gasteiger partial charge in [0.1, 0.15) is 6.17 Å². The summed E-state index contributed by atoms with van der Waals surface area (Å²) in [5.41, 5.74) is 8.30. The summed E-state index contributed by atoms with van der Waals surface area (Å²) in [5, 5.41) is 0.336. The topological polar surface area (TPSA) is 47.4 Å². The molecule has 3 rings (SSSR count). The van der Waals surface area contributed by atoms with Gasteiger partial charge in [0.2, 0.25) is 0 Å². The molecule has 1 aliphatic heterocycles. The average molecular weight is 532 g/mol. The van der Waals surface area contributed by atoms with Crippen molar-refractivity contribution < 1.29 is 50.5 Å². The van der Waals surface area contributed by atoms with E-state index >= 15 is 0 Å². The Labute approximate surface area is 205 Å². The minimum absolute atomic E-state index is 0. The Bertz CT molecular complexity index is 733. The third-order valence-corrected chi connectivity index (χ3v) is 4.90. The smallest absolute Gasteiger partial charge is 0.114 e. The first-order valence-electron chi connectivity index (χ1n) is 8.96. The van der Waals surface area contributed by atoms with E-state index in [0.717, 1.165) is 13.1 Å². The van der Waals surface area contributed by atoms with Crippen LogP contribution in [0.4, 0.5) is 4.39 Å². The summed E-state index contributed by atoms with van der Waals surface area (Å²) < 4.78 is 13.2. The van der Waals surface area contributed by atoms with Gasteiger partial charge in [-0.3, -0.25) is 4.90 Å². The molecule has 1 radical (unpaired) electrons. The molecule has 0 unspecified atom stereocenters. The van der Waals surface area contributed by atoms with E-state index in [4.69, 9.17) is 17.3 Å². The van der Waals surface area contributed by atoms with Gasteiger partial charge >= 0.3 is 0 Å². The number of likely N-dealkylation sites (tertiary alicyclic amines) is 1. The average Bonchev–Trinajstić information content (AvgIpc) is 3.06. The van der Waals surface area contributed by atoms with E-state index in [2.05, 4.69) is 48.2 Å². The minimum atomic E-state index is -0.745. The van der Waals surface area contributed by atoms with Gasteiger partial charge in [0.05, 0.1) is 5.91 Å². The summed E-state index contributed by atoms with van der Waals surface area (Å²) in [7, 11) is 4.17. The van der Waals surface area contributed by atoms with Crippen LogP contribution in [0.5, 0.6) is 0 Å². The normalized spacial score (nSPS) is 17.4. The number of halogens is 2. The molecule has 1 N–H and O–H groups in total. The Morgan fingerprint density at radius 3 is 2.29 bits per heavy atom. The molecule has 1 saturated heterocycles. The number of carbonyl (C=O) groups is 1. The maximum Gasteiger partial charge on any atom is 0.114 e. The molecule has 1 heterocycles. The number of rotatable bonds is 5. The first-order chi connectivity index (χ1) is 12.9. The van der Waals surface area contributed by atoms with E-state index in [1.165, 1.54) is 11.6 Å². The summed E-state index contributed by atoms with van der Waals surface area (Å²) in [6.45, 7) is 2.40. The number of amides is 1. The third kappa shape index (κ3) is 8.04. The number of nitrogens with zero attached hydrogens (tertiary/aromatic N) is 2. The maximum absolute atomic E-state index is 13.2. The molecule has 1 amide bonds. The number of hydrogen-bond acceptors (Lipinski definition) is 3. The van der Waals surface area contributed by atoms with E-state index in [0.29, 0.717) is 24.0 Å². The first-order valence-corrected chi connectivity index (χ1v) is 9.34. The number of hydrogen-bond donors (Lipinski definition) is 0. The summed E-state index contributed by atoms with van der Waals surface area (Å²) in [5.74, 6) is -0.745. The van der Waals surface area contributed by atoms with E-state index in [-0.39, 0.29) is 46.9 Å². The van der Waals surface area contributed by atoms with Crippen molar-refractivity contribution in [1.29, 1.82) is 0 Å². The molecule has 0 aliphatic carbocycles. The monoisotopic (exact) mass is 531 g/mol. The van der Waals surface area contributed by atoms with E-state index < -0.39 is 12.1 Å². The van der Waals surface area contributed by atoms with Crippen molar-refractivity contribution >= 4 is 17.5 Å². The van der Waals surface area contributed by atoms with Crippen LogP contribution >= 0.6 is 11.6 Å². The maximum atomic E-state index is 13.2. The second-order valence-corrected chi connectivity index (χ2v) is 7.25. The molecule has 2 atom stereocenters. The third-order valence-electron chi connectivity index (χ3n) is 4.57. The molecular formula is C21H26ClFN3OPr-. The zero-order chi connectivity index (χ0) is 19.8. The van der Waals surface area contributed by atoms with Gasteiger partial charge < -0.3 is 15.4 Å². The van der Waals surface area contributed by atoms with Gasteiger partial charge in [0.15, 0.2) is 0 Å². The van der Waals surface area contributed by atoms with Crippen LogP contribution in [0.1, 0.15) is 28.4 Å². The fourth-order valence-corrected chi connectivity index (χ4v) is 3.30. The van der Waals surface area contributed by atoms with E-state index in [1.54, 1.807) is 18.2 Å². The SMILES string of the molecule is CN(C)[C@H](CN1CC[C@H](F)C1)c1ccccc1.[NH-]C(=O)c1ccccc1Cl.[Pr]. The van der Waals surface area contributed by atoms with E-state index in [1.807, 2.05) is 6.07 Å². The van der Waals surface area contributed by atoms with Crippen LogP contribution in [0.15, 0.2) is 54.6 Å². The van der Waals surface area contributed by atoms with Crippen LogP contribution in [0.3, 0.4) is 0 Å². The standard InChI is InChI=1S/C14H21FN2.C7H6ClNO.Pr/c1-16(2)14(12-6-4-3-5-7-12)11-17-9-8-13(15)10-17;8-6-4-2-1-3-5(6)7(9)10;/h3-7,13-14H,8-11H2,1-2H3;1-4H,(H2,9,10);/p-1/t13-,14+;;/m0../s1. The molecule has 0 saturated carbocycles. The molecule has 0 spiro atoms. The van der Waals surface area contributed by atoms with Crippen LogP contribution in [-0.4, -0.2) is 55.6 Å². The van der Waals surface area contributed by atoms with Crippen molar-refractivity contribution in [2.45, 2.75) is 18.6 Å². The van der Waals surface area contributed by atoms with E-state index in [9.17, 15) is 9.18 Å². The second-order valence-electron chi connectivity index (χ2n) is 6.84.